The fraction of sp³-hybridized carbons (Fsp3) is 0.250. The van der Waals surface area contributed by atoms with E-state index in [1.807, 2.05) is 92.7 Å². The molecule has 2 N–H and O–H groups in total. The van der Waals surface area contributed by atoms with E-state index in [4.69, 9.17) is 0 Å². The number of nitrogens with zero attached hydrogens (tertiary/aromatic N) is 2. The van der Waals surface area contributed by atoms with E-state index in [-0.39, 0.29) is 24.4 Å². The topological polar surface area (TPSA) is 81.8 Å². The van der Waals surface area contributed by atoms with Crippen LogP contribution < -0.4 is 15.5 Å². The molecule has 4 amide bonds. The Morgan fingerprint density at radius 2 is 1.63 bits per heavy atom. The first kappa shape index (κ1) is 22.7. The largest absolute Gasteiger partial charge is 0.356 e. The van der Waals surface area contributed by atoms with E-state index in [0.717, 1.165) is 27.4 Å². The number of rotatable bonds is 6. The Morgan fingerprint density at radius 1 is 0.971 bits per heavy atom. The molecule has 35 heavy (non-hydrogen) atoms. The van der Waals surface area contributed by atoms with Crippen LogP contribution in [-0.4, -0.2) is 35.3 Å². The van der Waals surface area contributed by atoms with Crippen molar-refractivity contribution in [1.82, 2.24) is 10.2 Å². The van der Waals surface area contributed by atoms with Gasteiger partial charge in [0.05, 0.1) is 0 Å². The van der Waals surface area contributed by atoms with Crippen molar-refractivity contribution in [3.05, 3.63) is 90.0 Å². The van der Waals surface area contributed by atoms with Crippen LogP contribution in [0.5, 0.6) is 0 Å². The number of imide groups is 1. The molecule has 1 aliphatic heterocycles. The minimum absolute atomic E-state index is 0.155. The van der Waals surface area contributed by atoms with Crippen molar-refractivity contribution in [2.45, 2.75) is 38.3 Å². The number of urea groups is 1. The summed E-state index contributed by atoms with van der Waals surface area (Å²) in [5.41, 5.74) is 3.39. The molecular formula is C28H28N4O3. The molecule has 1 fully saturated rings. The normalized spacial score (nSPS) is 18.7. The zero-order valence-electron chi connectivity index (χ0n) is 19.8. The SMILES string of the molecule is CC(C)N(C(=O)CN1C(=O)N[C@]2(CCc3ccccc32)C1=O)c1ccc(Nc2ccccc2)cc1. The molecule has 5 rings (SSSR count). The summed E-state index contributed by atoms with van der Waals surface area (Å²) in [6, 6.07) is 24.4. The molecule has 7 nitrogen and oxygen atoms in total. The number of aryl methyl sites for hydroxylation is 1. The first-order chi connectivity index (χ1) is 16.9. The van der Waals surface area contributed by atoms with Gasteiger partial charge in [-0.2, -0.15) is 0 Å². The number of hydrogen-bond acceptors (Lipinski definition) is 4. The van der Waals surface area contributed by atoms with Crippen LogP contribution in [0.25, 0.3) is 0 Å². The standard InChI is InChI=1S/C28H28N4O3/c1-19(2)32(23-14-12-22(13-15-23)29-21-9-4-3-5-10-21)25(33)18-31-26(34)28(30-27(31)35)17-16-20-8-6-7-11-24(20)28/h3-15,19,29H,16-18H2,1-2H3,(H,30,35)/t28-/m0/s1. The highest BCUT2D eigenvalue weighted by molar-refractivity contribution is 6.11. The lowest BCUT2D eigenvalue weighted by Gasteiger charge is -2.29. The molecule has 0 unspecified atom stereocenters. The van der Waals surface area contributed by atoms with Crippen LogP contribution >= 0.6 is 0 Å². The molecule has 178 valence electrons. The number of nitrogens with one attached hydrogen (secondary N) is 2. The predicted molar refractivity (Wildman–Crippen MR) is 135 cm³/mol. The van der Waals surface area contributed by atoms with Crippen LogP contribution in [0.1, 0.15) is 31.4 Å². The Labute approximate surface area is 204 Å². The van der Waals surface area contributed by atoms with Gasteiger partial charge in [0.15, 0.2) is 0 Å². The maximum Gasteiger partial charge on any atom is 0.325 e. The minimum atomic E-state index is -1.07. The number of benzene rings is 3. The molecule has 0 saturated carbocycles. The lowest BCUT2D eigenvalue weighted by molar-refractivity contribution is -0.134. The van der Waals surface area contributed by atoms with Gasteiger partial charge in [-0.25, -0.2) is 4.79 Å². The Bertz CT molecular complexity index is 1270. The van der Waals surface area contributed by atoms with Crippen molar-refractivity contribution in [2.24, 2.45) is 0 Å². The monoisotopic (exact) mass is 468 g/mol. The lowest BCUT2D eigenvalue weighted by atomic mass is 9.92. The molecule has 7 heteroatoms. The van der Waals surface area contributed by atoms with Gasteiger partial charge in [0.2, 0.25) is 5.91 Å². The van der Waals surface area contributed by atoms with Gasteiger partial charge >= 0.3 is 6.03 Å². The predicted octanol–water partition coefficient (Wildman–Crippen LogP) is 4.57. The van der Waals surface area contributed by atoms with Gasteiger partial charge in [0.1, 0.15) is 12.1 Å². The second kappa shape index (κ2) is 8.91. The molecule has 1 saturated heterocycles. The molecule has 0 bridgehead atoms. The molecule has 3 aromatic rings. The smallest absolute Gasteiger partial charge is 0.325 e. The molecule has 1 heterocycles. The van der Waals surface area contributed by atoms with Crippen LogP contribution in [0.2, 0.25) is 0 Å². The van der Waals surface area contributed by atoms with Crippen molar-refractivity contribution in [1.29, 1.82) is 0 Å². The van der Waals surface area contributed by atoms with E-state index in [0.29, 0.717) is 18.5 Å². The van der Waals surface area contributed by atoms with Crippen molar-refractivity contribution in [3.8, 4) is 0 Å². The molecule has 3 aromatic carbocycles. The van der Waals surface area contributed by atoms with Crippen LogP contribution in [0.4, 0.5) is 21.9 Å². The average molecular weight is 469 g/mol. The second-order valence-corrected chi connectivity index (χ2v) is 9.28. The Balaban J connectivity index is 1.33. The molecule has 1 spiro atoms. The Hall–Kier alpha value is -4.13. The fourth-order valence-electron chi connectivity index (χ4n) is 5.07. The van der Waals surface area contributed by atoms with Gasteiger partial charge in [-0.05, 0) is 74.2 Å². The van der Waals surface area contributed by atoms with E-state index in [2.05, 4.69) is 10.6 Å². The van der Waals surface area contributed by atoms with Crippen molar-refractivity contribution in [2.75, 3.05) is 16.8 Å². The number of para-hydroxylation sites is 1. The van der Waals surface area contributed by atoms with Gasteiger partial charge in [0, 0.05) is 23.1 Å². The van der Waals surface area contributed by atoms with Crippen molar-refractivity contribution < 1.29 is 14.4 Å². The molecule has 0 radical (unpaired) electrons. The van der Waals surface area contributed by atoms with Crippen LogP contribution in [0, 0.1) is 0 Å². The average Bonchev–Trinajstić information content (AvgIpc) is 3.34. The van der Waals surface area contributed by atoms with Gasteiger partial charge in [-0.3, -0.25) is 14.5 Å². The summed E-state index contributed by atoms with van der Waals surface area (Å²) in [5, 5.41) is 6.21. The summed E-state index contributed by atoms with van der Waals surface area (Å²) < 4.78 is 0. The highest BCUT2D eigenvalue weighted by Gasteiger charge is 2.55. The van der Waals surface area contributed by atoms with Gasteiger partial charge < -0.3 is 15.5 Å². The van der Waals surface area contributed by atoms with Crippen molar-refractivity contribution in [3.63, 3.8) is 0 Å². The first-order valence-electron chi connectivity index (χ1n) is 11.9. The maximum absolute atomic E-state index is 13.4. The van der Waals surface area contributed by atoms with E-state index in [9.17, 15) is 14.4 Å². The fourth-order valence-corrected chi connectivity index (χ4v) is 5.07. The molecular weight excluding hydrogens is 440 g/mol. The van der Waals surface area contributed by atoms with E-state index in [1.54, 1.807) is 4.90 Å². The summed E-state index contributed by atoms with van der Waals surface area (Å²) in [6.07, 6.45) is 1.22. The third kappa shape index (κ3) is 4.03. The summed E-state index contributed by atoms with van der Waals surface area (Å²) in [7, 11) is 0. The third-order valence-corrected chi connectivity index (χ3v) is 6.71. The quantitative estimate of drug-likeness (QED) is 0.520. The van der Waals surface area contributed by atoms with Crippen LogP contribution in [0.15, 0.2) is 78.9 Å². The van der Waals surface area contributed by atoms with E-state index < -0.39 is 11.6 Å². The summed E-state index contributed by atoms with van der Waals surface area (Å²) in [6.45, 7) is 3.51. The molecule has 1 aliphatic carbocycles. The summed E-state index contributed by atoms with van der Waals surface area (Å²) in [4.78, 5) is 42.4. The molecule has 2 aliphatic rings. The van der Waals surface area contributed by atoms with Crippen LogP contribution in [-0.2, 0) is 21.5 Å². The van der Waals surface area contributed by atoms with Gasteiger partial charge in [-0.15, -0.1) is 0 Å². The summed E-state index contributed by atoms with van der Waals surface area (Å²) >= 11 is 0. The first-order valence-corrected chi connectivity index (χ1v) is 11.9. The maximum atomic E-state index is 13.4. The van der Waals surface area contributed by atoms with E-state index in [1.165, 1.54) is 0 Å². The van der Waals surface area contributed by atoms with Gasteiger partial charge in [-0.1, -0.05) is 42.5 Å². The second-order valence-electron chi connectivity index (χ2n) is 9.28. The Kier molecular flexibility index (Phi) is 5.76. The Morgan fingerprint density at radius 3 is 2.34 bits per heavy atom. The number of hydrogen-bond donors (Lipinski definition) is 2. The number of carbonyl (C=O) groups excluding carboxylic acids is 3. The number of anilines is 3. The van der Waals surface area contributed by atoms with E-state index >= 15 is 0 Å². The highest BCUT2D eigenvalue weighted by Crippen LogP contribution is 2.41. The zero-order chi connectivity index (χ0) is 24.6. The zero-order valence-corrected chi connectivity index (χ0v) is 19.8. The third-order valence-electron chi connectivity index (χ3n) is 6.71. The summed E-state index contributed by atoms with van der Waals surface area (Å²) in [5.74, 6) is -0.664. The molecule has 0 aromatic heterocycles. The number of fused-ring (bicyclic) bond motifs is 2. The van der Waals surface area contributed by atoms with Crippen molar-refractivity contribution >= 4 is 34.9 Å². The van der Waals surface area contributed by atoms with Gasteiger partial charge in [0.25, 0.3) is 5.91 Å². The number of carbonyl (C=O) groups is 3. The highest BCUT2D eigenvalue weighted by atomic mass is 16.2. The number of amides is 4. The lowest BCUT2D eigenvalue weighted by Crippen LogP contribution is -2.47. The molecule has 1 atom stereocenters. The minimum Gasteiger partial charge on any atom is -0.356 e. The van der Waals surface area contributed by atoms with Crippen LogP contribution in [0.3, 0.4) is 0 Å².